The summed E-state index contributed by atoms with van der Waals surface area (Å²) in [6.07, 6.45) is -2.34. The first-order valence-corrected chi connectivity index (χ1v) is 10.5. The Kier molecular flexibility index (Phi) is 8.05. The Balaban J connectivity index is 1.76. The number of hydrogen-bond donors (Lipinski definition) is 1. The van der Waals surface area contributed by atoms with Crippen LogP contribution in [0.3, 0.4) is 0 Å². The number of esters is 1. The van der Waals surface area contributed by atoms with Crippen molar-refractivity contribution in [3.05, 3.63) is 93.5 Å². The summed E-state index contributed by atoms with van der Waals surface area (Å²) < 4.78 is 16.2. The second-order valence-corrected chi connectivity index (χ2v) is 7.48. The number of rotatable bonds is 9. The fourth-order valence-electron chi connectivity index (χ4n) is 2.94. The second kappa shape index (κ2) is 11.2. The number of hydrogen-bond acceptors (Lipinski definition) is 7. The molecular formula is C24H21ClN2O7. The number of ether oxygens (including phenoxy) is 3. The van der Waals surface area contributed by atoms with Crippen LogP contribution in [0.25, 0.3) is 0 Å². The number of carbonyl (C=O) groups excluding carboxylic acids is 2. The molecule has 3 aromatic rings. The Morgan fingerprint density at radius 1 is 1.00 bits per heavy atom. The van der Waals surface area contributed by atoms with Crippen molar-refractivity contribution in [2.24, 2.45) is 0 Å². The first-order valence-electron chi connectivity index (χ1n) is 10.1. The molecule has 10 heteroatoms. The van der Waals surface area contributed by atoms with Crippen molar-refractivity contribution in [1.82, 2.24) is 0 Å². The van der Waals surface area contributed by atoms with Gasteiger partial charge in [-0.2, -0.15) is 0 Å². The van der Waals surface area contributed by atoms with Gasteiger partial charge in [0.15, 0.2) is 6.10 Å². The maximum absolute atomic E-state index is 13.0. The van der Waals surface area contributed by atoms with Crippen LogP contribution < -0.4 is 14.8 Å². The van der Waals surface area contributed by atoms with Gasteiger partial charge < -0.3 is 19.5 Å². The molecule has 9 nitrogen and oxygen atoms in total. The van der Waals surface area contributed by atoms with Crippen LogP contribution in [0.1, 0.15) is 18.6 Å². The Morgan fingerprint density at radius 3 is 2.24 bits per heavy atom. The summed E-state index contributed by atoms with van der Waals surface area (Å²) in [7, 11) is 1.54. The highest BCUT2D eigenvalue weighted by atomic mass is 35.5. The monoisotopic (exact) mass is 484 g/mol. The molecule has 0 radical (unpaired) electrons. The van der Waals surface area contributed by atoms with Gasteiger partial charge in [-0.25, -0.2) is 4.79 Å². The van der Waals surface area contributed by atoms with Crippen LogP contribution in [0.4, 0.5) is 11.4 Å². The number of halogens is 1. The van der Waals surface area contributed by atoms with Crippen LogP contribution in [-0.2, 0) is 14.3 Å². The summed E-state index contributed by atoms with van der Waals surface area (Å²) in [6, 6.07) is 18.7. The number of amides is 1. The second-order valence-electron chi connectivity index (χ2n) is 7.07. The van der Waals surface area contributed by atoms with Crippen molar-refractivity contribution >= 4 is 34.9 Å². The summed E-state index contributed by atoms with van der Waals surface area (Å²) in [5.74, 6) is -0.404. The average molecular weight is 485 g/mol. The largest absolute Gasteiger partial charge is 0.497 e. The molecule has 0 aliphatic heterocycles. The molecule has 34 heavy (non-hydrogen) atoms. The maximum atomic E-state index is 13.0. The number of nitrogens with zero attached hydrogens (tertiary/aromatic N) is 1. The van der Waals surface area contributed by atoms with E-state index in [0.717, 1.165) is 6.07 Å². The first-order chi connectivity index (χ1) is 16.3. The standard InChI is InChI=1S/C24H21ClN2O7/c1-15(33-19-11-9-18(32-2)10-12-19)24(29)34-22(16-6-4-3-5-7-16)23(28)26-21-13-8-17(27(30)31)14-20(21)25/h3-15,22H,1-2H3,(H,26,28). The van der Waals surface area contributed by atoms with Crippen molar-refractivity contribution < 1.29 is 28.7 Å². The highest BCUT2D eigenvalue weighted by molar-refractivity contribution is 6.34. The molecule has 0 saturated heterocycles. The van der Waals surface area contributed by atoms with E-state index in [1.165, 1.54) is 26.2 Å². The third kappa shape index (κ3) is 6.23. The fraction of sp³-hybridized carbons (Fsp3) is 0.167. The van der Waals surface area contributed by atoms with E-state index in [2.05, 4.69) is 5.32 Å². The summed E-state index contributed by atoms with van der Waals surface area (Å²) in [4.78, 5) is 36.1. The Labute approximate surface area is 200 Å². The Bertz CT molecular complexity index is 1170. The van der Waals surface area contributed by atoms with Gasteiger partial charge in [-0.05, 0) is 37.3 Å². The van der Waals surface area contributed by atoms with Gasteiger partial charge in [0.05, 0.1) is 22.7 Å². The zero-order valence-electron chi connectivity index (χ0n) is 18.3. The van der Waals surface area contributed by atoms with Crippen LogP contribution in [0, 0.1) is 10.1 Å². The van der Waals surface area contributed by atoms with Crippen molar-refractivity contribution in [1.29, 1.82) is 0 Å². The van der Waals surface area contributed by atoms with Gasteiger partial charge in [-0.15, -0.1) is 0 Å². The highest BCUT2D eigenvalue weighted by Gasteiger charge is 2.29. The Morgan fingerprint density at radius 2 is 1.65 bits per heavy atom. The van der Waals surface area contributed by atoms with Crippen LogP contribution in [-0.4, -0.2) is 30.0 Å². The Hall–Kier alpha value is -4.11. The number of methoxy groups -OCH3 is 1. The van der Waals surface area contributed by atoms with Gasteiger partial charge in [0, 0.05) is 17.7 Å². The molecule has 0 fully saturated rings. The lowest BCUT2D eigenvalue weighted by atomic mass is 10.1. The molecule has 0 aliphatic carbocycles. The number of nitro groups is 1. The average Bonchev–Trinajstić information content (AvgIpc) is 2.84. The lowest BCUT2D eigenvalue weighted by molar-refractivity contribution is -0.384. The lowest BCUT2D eigenvalue weighted by Gasteiger charge is -2.21. The van der Waals surface area contributed by atoms with E-state index in [1.807, 2.05) is 0 Å². The molecular weight excluding hydrogens is 464 g/mol. The molecule has 1 N–H and O–H groups in total. The number of anilines is 1. The van der Waals surface area contributed by atoms with Gasteiger partial charge in [0.2, 0.25) is 6.10 Å². The van der Waals surface area contributed by atoms with E-state index in [-0.39, 0.29) is 16.4 Å². The predicted molar refractivity (Wildman–Crippen MR) is 125 cm³/mol. The molecule has 1 amide bonds. The van der Waals surface area contributed by atoms with E-state index in [0.29, 0.717) is 17.1 Å². The normalized spacial score (nSPS) is 12.2. The molecule has 2 atom stereocenters. The first kappa shape index (κ1) is 24.5. The fourth-order valence-corrected chi connectivity index (χ4v) is 3.16. The third-order valence-electron chi connectivity index (χ3n) is 4.70. The number of benzene rings is 3. The van der Waals surface area contributed by atoms with Crippen molar-refractivity contribution in [2.75, 3.05) is 12.4 Å². The smallest absolute Gasteiger partial charge is 0.348 e. The van der Waals surface area contributed by atoms with Gasteiger partial charge in [-0.1, -0.05) is 41.9 Å². The zero-order valence-corrected chi connectivity index (χ0v) is 19.0. The van der Waals surface area contributed by atoms with Crippen LogP contribution in [0.5, 0.6) is 11.5 Å². The highest BCUT2D eigenvalue weighted by Crippen LogP contribution is 2.29. The van der Waals surface area contributed by atoms with Gasteiger partial charge >= 0.3 is 5.97 Å². The van der Waals surface area contributed by atoms with E-state index < -0.39 is 29.0 Å². The number of nitro benzene ring substituents is 1. The minimum atomic E-state index is -1.32. The molecule has 176 valence electrons. The van der Waals surface area contributed by atoms with Crippen LogP contribution in [0.2, 0.25) is 5.02 Å². The third-order valence-corrected chi connectivity index (χ3v) is 5.01. The van der Waals surface area contributed by atoms with Crippen LogP contribution in [0.15, 0.2) is 72.8 Å². The number of non-ortho nitro benzene ring substituents is 1. The lowest BCUT2D eigenvalue weighted by Crippen LogP contribution is -2.32. The minimum absolute atomic E-state index is 0.0307. The maximum Gasteiger partial charge on any atom is 0.348 e. The van der Waals surface area contributed by atoms with Crippen molar-refractivity contribution in [2.45, 2.75) is 19.1 Å². The molecule has 0 saturated carbocycles. The van der Waals surface area contributed by atoms with E-state index in [1.54, 1.807) is 54.6 Å². The number of carbonyl (C=O) groups is 2. The van der Waals surface area contributed by atoms with Crippen LogP contribution >= 0.6 is 11.6 Å². The van der Waals surface area contributed by atoms with Gasteiger partial charge in [0.1, 0.15) is 11.5 Å². The van der Waals surface area contributed by atoms with Crippen molar-refractivity contribution in [3.8, 4) is 11.5 Å². The summed E-state index contributed by atoms with van der Waals surface area (Å²) in [6.45, 7) is 1.50. The zero-order chi connectivity index (χ0) is 24.7. The van der Waals surface area contributed by atoms with E-state index >= 15 is 0 Å². The molecule has 0 bridgehead atoms. The molecule has 0 aliphatic rings. The van der Waals surface area contributed by atoms with Gasteiger partial charge in [-0.3, -0.25) is 14.9 Å². The molecule has 3 rings (SSSR count). The SMILES string of the molecule is COc1ccc(OC(C)C(=O)OC(C(=O)Nc2ccc([N+](=O)[O-])cc2Cl)c2ccccc2)cc1. The minimum Gasteiger partial charge on any atom is -0.497 e. The summed E-state index contributed by atoms with van der Waals surface area (Å²) >= 11 is 6.08. The molecule has 2 unspecified atom stereocenters. The molecule has 0 aromatic heterocycles. The topological polar surface area (TPSA) is 117 Å². The predicted octanol–water partition coefficient (Wildman–Crippen LogP) is 4.95. The van der Waals surface area contributed by atoms with E-state index in [4.69, 9.17) is 25.8 Å². The summed E-state index contributed by atoms with van der Waals surface area (Å²) in [5, 5.41) is 13.4. The van der Waals surface area contributed by atoms with E-state index in [9.17, 15) is 19.7 Å². The molecule has 3 aromatic carbocycles. The summed E-state index contributed by atoms with van der Waals surface area (Å²) in [5.41, 5.74) is 0.332. The molecule has 0 spiro atoms. The van der Waals surface area contributed by atoms with Crippen molar-refractivity contribution in [3.63, 3.8) is 0 Å². The van der Waals surface area contributed by atoms with Gasteiger partial charge in [0.25, 0.3) is 11.6 Å². The quantitative estimate of drug-likeness (QED) is 0.259. The molecule has 0 heterocycles. The number of nitrogens with one attached hydrogen (secondary N) is 1.